The van der Waals surface area contributed by atoms with Gasteiger partial charge < -0.3 is 24.6 Å². The van der Waals surface area contributed by atoms with E-state index in [1.807, 2.05) is 11.8 Å². The number of aryl methyl sites for hydroxylation is 1. The quantitative estimate of drug-likeness (QED) is 0.102. The van der Waals surface area contributed by atoms with Crippen LogP contribution in [0.1, 0.15) is 160 Å². The first kappa shape index (κ1) is 41.7. The van der Waals surface area contributed by atoms with Crippen molar-refractivity contribution in [1.82, 2.24) is 9.88 Å². The number of anilines is 1. The molecular formula is C40H68FN3O4. The molecule has 2 aromatic rings. The number of pyridine rings is 1. The number of halogens is 1. The number of nitrogens with zero attached hydrogens (tertiary/aromatic N) is 2. The standard InChI is InChI=1S/C24H50O.C16H18FN3O3/c1-3-5-7-9-11-13-15-17-19-21-23-25-24-22-20-18-16-14-12-10-8-6-4-2;1-2-19-9-11(16(22)23)15(21)10-7-12(17)14(8-13(10)19)20-5-3-18-4-6-20/h3-24H2,1-2H3;7-9,18H,2-6H2,1H3,(H,22,23). The van der Waals surface area contributed by atoms with E-state index in [0.29, 0.717) is 30.8 Å². The van der Waals surface area contributed by atoms with Crippen LogP contribution >= 0.6 is 0 Å². The molecule has 0 amide bonds. The molecule has 2 N–H and O–H groups in total. The highest BCUT2D eigenvalue weighted by Gasteiger charge is 2.20. The number of rotatable bonds is 25. The number of hydrogen-bond donors (Lipinski definition) is 2. The average Bonchev–Trinajstić information content (AvgIpc) is 3.09. The first-order valence-electron chi connectivity index (χ1n) is 19.6. The summed E-state index contributed by atoms with van der Waals surface area (Å²) in [5.41, 5.74) is 0.0118. The Labute approximate surface area is 291 Å². The molecule has 0 atom stereocenters. The molecule has 1 aliphatic heterocycles. The summed E-state index contributed by atoms with van der Waals surface area (Å²) < 4.78 is 21.9. The Kier molecular flexibility index (Phi) is 23.0. The number of carboxylic acids is 1. The smallest absolute Gasteiger partial charge is 0.341 e. The van der Waals surface area contributed by atoms with Crippen LogP contribution in [-0.2, 0) is 11.3 Å². The van der Waals surface area contributed by atoms with E-state index < -0.39 is 17.2 Å². The Morgan fingerprint density at radius 3 is 1.65 bits per heavy atom. The Balaban J connectivity index is 0.000000334. The van der Waals surface area contributed by atoms with E-state index >= 15 is 0 Å². The molecule has 0 spiro atoms. The highest BCUT2D eigenvalue weighted by atomic mass is 19.1. The third-order valence-electron chi connectivity index (χ3n) is 9.46. The molecule has 1 aromatic carbocycles. The van der Waals surface area contributed by atoms with E-state index in [0.717, 1.165) is 32.4 Å². The average molecular weight is 674 g/mol. The van der Waals surface area contributed by atoms with Crippen LogP contribution in [0.15, 0.2) is 23.1 Å². The van der Waals surface area contributed by atoms with Crippen molar-refractivity contribution >= 4 is 22.6 Å². The molecule has 1 aromatic heterocycles. The predicted octanol–water partition coefficient (Wildman–Crippen LogP) is 10.1. The maximum absolute atomic E-state index is 14.5. The molecule has 2 heterocycles. The third-order valence-corrected chi connectivity index (χ3v) is 9.46. The lowest BCUT2D eigenvalue weighted by Crippen LogP contribution is -2.43. The van der Waals surface area contributed by atoms with Crippen molar-refractivity contribution in [2.45, 2.75) is 156 Å². The minimum absolute atomic E-state index is 0.100. The highest BCUT2D eigenvalue weighted by molar-refractivity contribution is 5.93. The number of carboxylic acid groups (broad SMARTS) is 1. The highest BCUT2D eigenvalue weighted by Crippen LogP contribution is 2.25. The summed E-state index contributed by atoms with van der Waals surface area (Å²) in [4.78, 5) is 25.4. The van der Waals surface area contributed by atoms with Crippen LogP contribution in [-0.4, -0.2) is 55.0 Å². The molecule has 0 aliphatic carbocycles. The Morgan fingerprint density at radius 2 is 1.21 bits per heavy atom. The molecule has 8 heteroatoms. The second-order valence-corrected chi connectivity index (χ2v) is 13.5. The Bertz CT molecular complexity index is 1170. The van der Waals surface area contributed by atoms with Gasteiger partial charge in [0, 0.05) is 57.5 Å². The van der Waals surface area contributed by atoms with Gasteiger partial charge in [-0.1, -0.05) is 129 Å². The second-order valence-electron chi connectivity index (χ2n) is 13.5. The van der Waals surface area contributed by atoms with E-state index in [1.165, 1.54) is 135 Å². The van der Waals surface area contributed by atoms with Crippen LogP contribution in [0.25, 0.3) is 10.9 Å². The summed E-state index contributed by atoms with van der Waals surface area (Å²) in [6.07, 6.45) is 29.5. The molecule has 0 unspecified atom stereocenters. The first-order chi connectivity index (χ1) is 23.4. The van der Waals surface area contributed by atoms with Gasteiger partial charge in [0.2, 0.25) is 5.43 Å². The normalized spacial score (nSPS) is 13.1. The van der Waals surface area contributed by atoms with Gasteiger partial charge in [0.05, 0.1) is 11.2 Å². The van der Waals surface area contributed by atoms with Crippen LogP contribution in [0.2, 0.25) is 0 Å². The van der Waals surface area contributed by atoms with E-state index in [-0.39, 0.29) is 10.9 Å². The summed E-state index contributed by atoms with van der Waals surface area (Å²) in [6, 6.07) is 2.81. The number of nitrogens with one attached hydrogen (secondary N) is 1. The SMILES string of the molecule is CCCCCCCCCCCCOCCCCCCCCCCCC.CCn1cc(C(=O)O)c(=O)c2cc(F)c(N3CCNCC3)cc21. The summed E-state index contributed by atoms with van der Waals surface area (Å²) in [7, 11) is 0. The Morgan fingerprint density at radius 1 is 0.750 bits per heavy atom. The second kappa shape index (κ2) is 26.4. The van der Waals surface area contributed by atoms with Gasteiger partial charge in [-0.05, 0) is 31.9 Å². The first-order valence-corrected chi connectivity index (χ1v) is 19.6. The minimum atomic E-state index is -1.30. The van der Waals surface area contributed by atoms with Crippen molar-refractivity contribution in [3.63, 3.8) is 0 Å². The van der Waals surface area contributed by atoms with Crippen molar-refractivity contribution in [2.24, 2.45) is 0 Å². The zero-order chi connectivity index (χ0) is 34.8. The predicted molar refractivity (Wildman–Crippen MR) is 200 cm³/mol. The van der Waals surface area contributed by atoms with Crippen LogP contribution in [0.4, 0.5) is 10.1 Å². The van der Waals surface area contributed by atoms with E-state index in [1.54, 1.807) is 10.6 Å². The number of aromatic nitrogens is 1. The monoisotopic (exact) mass is 674 g/mol. The van der Waals surface area contributed by atoms with Gasteiger partial charge in [0.15, 0.2) is 0 Å². The van der Waals surface area contributed by atoms with Crippen molar-refractivity contribution < 1.29 is 19.0 Å². The Hall–Kier alpha value is -2.45. The fraction of sp³-hybridized carbons (Fsp3) is 0.750. The van der Waals surface area contributed by atoms with E-state index in [4.69, 9.17) is 9.84 Å². The molecule has 1 aliphatic rings. The van der Waals surface area contributed by atoms with Gasteiger partial charge >= 0.3 is 5.97 Å². The van der Waals surface area contributed by atoms with E-state index in [2.05, 4.69) is 19.2 Å². The van der Waals surface area contributed by atoms with Gasteiger partial charge in [-0.25, -0.2) is 9.18 Å². The number of aromatic carboxylic acids is 1. The number of fused-ring (bicyclic) bond motifs is 1. The molecule has 0 bridgehead atoms. The summed E-state index contributed by atoms with van der Waals surface area (Å²) in [6.45, 7) is 11.8. The lowest BCUT2D eigenvalue weighted by atomic mass is 10.1. The van der Waals surface area contributed by atoms with Crippen molar-refractivity contribution in [3.8, 4) is 0 Å². The molecule has 48 heavy (non-hydrogen) atoms. The van der Waals surface area contributed by atoms with Gasteiger partial charge in [-0.3, -0.25) is 4.79 Å². The fourth-order valence-electron chi connectivity index (χ4n) is 6.45. The van der Waals surface area contributed by atoms with Crippen LogP contribution in [0, 0.1) is 5.82 Å². The van der Waals surface area contributed by atoms with Gasteiger partial charge in [0.1, 0.15) is 11.4 Å². The van der Waals surface area contributed by atoms with Crippen LogP contribution in [0.5, 0.6) is 0 Å². The number of benzene rings is 1. The number of hydrogen-bond acceptors (Lipinski definition) is 5. The molecule has 1 fully saturated rings. The van der Waals surface area contributed by atoms with Crippen molar-refractivity contribution in [3.05, 3.63) is 39.9 Å². The van der Waals surface area contributed by atoms with Crippen molar-refractivity contribution in [1.29, 1.82) is 0 Å². The summed E-state index contributed by atoms with van der Waals surface area (Å²) in [5, 5.41) is 12.5. The molecule has 274 valence electrons. The van der Waals surface area contributed by atoms with E-state index in [9.17, 15) is 14.0 Å². The van der Waals surface area contributed by atoms with Gasteiger partial charge in [0.25, 0.3) is 0 Å². The van der Waals surface area contributed by atoms with Crippen LogP contribution < -0.4 is 15.6 Å². The number of ether oxygens (including phenoxy) is 1. The number of piperazine rings is 1. The fourth-order valence-corrected chi connectivity index (χ4v) is 6.45. The number of unbranched alkanes of at least 4 members (excludes halogenated alkanes) is 18. The van der Waals surface area contributed by atoms with Gasteiger partial charge in [-0.2, -0.15) is 0 Å². The molecule has 3 rings (SSSR count). The topological polar surface area (TPSA) is 83.8 Å². The molecular weight excluding hydrogens is 605 g/mol. The number of carbonyl (C=O) groups is 1. The summed E-state index contributed by atoms with van der Waals surface area (Å²) >= 11 is 0. The molecule has 0 radical (unpaired) electrons. The molecule has 7 nitrogen and oxygen atoms in total. The van der Waals surface area contributed by atoms with Crippen molar-refractivity contribution in [2.75, 3.05) is 44.3 Å². The minimum Gasteiger partial charge on any atom is -0.477 e. The maximum atomic E-state index is 14.5. The lowest BCUT2D eigenvalue weighted by Gasteiger charge is -2.30. The zero-order valence-corrected chi connectivity index (χ0v) is 30.8. The molecule has 1 saturated heterocycles. The lowest BCUT2D eigenvalue weighted by molar-refractivity contribution is 0.0694. The third kappa shape index (κ3) is 16.3. The largest absolute Gasteiger partial charge is 0.477 e. The van der Waals surface area contributed by atoms with Crippen LogP contribution in [0.3, 0.4) is 0 Å². The molecule has 0 saturated carbocycles. The maximum Gasteiger partial charge on any atom is 0.341 e. The van der Waals surface area contributed by atoms with Gasteiger partial charge in [-0.15, -0.1) is 0 Å². The zero-order valence-electron chi connectivity index (χ0n) is 30.8. The summed E-state index contributed by atoms with van der Waals surface area (Å²) in [5.74, 6) is -1.80.